The minimum atomic E-state index is -0.228. The van der Waals surface area contributed by atoms with Crippen LogP contribution in [0.3, 0.4) is 0 Å². The first kappa shape index (κ1) is 16.0. The second-order valence-electron chi connectivity index (χ2n) is 6.32. The van der Waals surface area contributed by atoms with Crippen LogP contribution in [0.4, 0.5) is 0 Å². The van der Waals surface area contributed by atoms with E-state index in [2.05, 4.69) is 20.8 Å². The zero-order valence-electron chi connectivity index (χ0n) is 13.5. The van der Waals surface area contributed by atoms with Crippen LogP contribution in [0.2, 0.25) is 0 Å². The number of nitrogens with zero attached hydrogens (tertiary/aromatic N) is 1. The zero-order chi connectivity index (χ0) is 16.0. The lowest BCUT2D eigenvalue weighted by atomic mass is 10.0. The molecule has 0 spiro atoms. The summed E-state index contributed by atoms with van der Waals surface area (Å²) in [6, 6.07) is 20.0. The van der Waals surface area contributed by atoms with Gasteiger partial charge in [-0.15, -0.1) is 0 Å². The van der Waals surface area contributed by atoms with Crippen molar-refractivity contribution in [2.75, 3.05) is 0 Å². The maximum atomic E-state index is 12.6. The fourth-order valence-corrected chi connectivity index (χ4v) is 2.23. The van der Waals surface area contributed by atoms with E-state index in [1.807, 2.05) is 71.6 Å². The lowest BCUT2D eigenvalue weighted by Gasteiger charge is -2.35. The first-order chi connectivity index (χ1) is 10.5. The van der Waals surface area contributed by atoms with Crippen LogP contribution in [0.1, 0.15) is 31.9 Å². The Morgan fingerprint density at radius 1 is 0.955 bits per heavy atom. The van der Waals surface area contributed by atoms with Crippen LogP contribution in [0.5, 0.6) is 0 Å². The highest BCUT2D eigenvalue weighted by Gasteiger charge is 2.24. The number of carbonyl (C=O) groups excluding carboxylic acids is 1. The van der Waals surface area contributed by atoms with E-state index >= 15 is 0 Å². The van der Waals surface area contributed by atoms with E-state index in [-0.39, 0.29) is 11.4 Å². The molecule has 114 valence electrons. The zero-order valence-corrected chi connectivity index (χ0v) is 13.5. The van der Waals surface area contributed by atoms with Crippen molar-refractivity contribution in [1.82, 2.24) is 4.90 Å². The molecule has 0 aromatic heterocycles. The van der Waals surface area contributed by atoms with Crippen molar-refractivity contribution in [3.63, 3.8) is 0 Å². The van der Waals surface area contributed by atoms with Crippen molar-refractivity contribution in [3.8, 4) is 0 Å². The molecule has 0 aliphatic heterocycles. The summed E-state index contributed by atoms with van der Waals surface area (Å²) in [5.41, 5.74) is 1.94. The van der Waals surface area contributed by atoms with Crippen molar-refractivity contribution < 1.29 is 4.79 Å². The number of carbonyl (C=O) groups is 1. The molecule has 0 aliphatic carbocycles. The van der Waals surface area contributed by atoms with Gasteiger partial charge in [0.05, 0.1) is 0 Å². The third kappa shape index (κ3) is 4.59. The maximum Gasteiger partial charge on any atom is 0.247 e. The van der Waals surface area contributed by atoms with Gasteiger partial charge in [0.1, 0.15) is 0 Å². The topological polar surface area (TPSA) is 20.3 Å². The Balaban J connectivity index is 2.15. The third-order valence-electron chi connectivity index (χ3n) is 3.48. The van der Waals surface area contributed by atoms with Gasteiger partial charge in [-0.05, 0) is 38.0 Å². The summed E-state index contributed by atoms with van der Waals surface area (Å²) in [6.45, 7) is 6.79. The molecule has 22 heavy (non-hydrogen) atoms. The molecule has 0 saturated carbocycles. The molecule has 0 bridgehead atoms. The molecule has 0 radical (unpaired) electrons. The van der Waals surface area contributed by atoms with E-state index in [1.54, 1.807) is 6.08 Å². The molecule has 0 fully saturated rings. The quantitative estimate of drug-likeness (QED) is 0.759. The first-order valence-electron chi connectivity index (χ1n) is 7.55. The van der Waals surface area contributed by atoms with Gasteiger partial charge in [-0.1, -0.05) is 60.7 Å². The molecule has 1 amide bonds. The Morgan fingerprint density at radius 2 is 1.50 bits per heavy atom. The minimum Gasteiger partial charge on any atom is -0.330 e. The molecule has 0 aliphatic rings. The summed E-state index contributed by atoms with van der Waals surface area (Å²) >= 11 is 0. The molecule has 0 N–H and O–H groups in total. The number of amides is 1. The highest BCUT2D eigenvalue weighted by molar-refractivity contribution is 5.92. The fourth-order valence-electron chi connectivity index (χ4n) is 2.23. The van der Waals surface area contributed by atoms with Gasteiger partial charge in [0.2, 0.25) is 5.91 Å². The van der Waals surface area contributed by atoms with Crippen molar-refractivity contribution in [2.45, 2.75) is 32.9 Å². The standard InChI is InChI=1S/C20H23NO/c1-20(2,3)21(16-18-12-8-5-9-13-18)19(22)15-14-17-10-6-4-7-11-17/h4-15H,16H2,1-3H3/b15-14-. The van der Waals surface area contributed by atoms with Crippen molar-refractivity contribution >= 4 is 12.0 Å². The highest BCUT2D eigenvalue weighted by Crippen LogP contribution is 2.18. The van der Waals surface area contributed by atoms with Gasteiger partial charge in [0.25, 0.3) is 0 Å². The predicted octanol–water partition coefficient (Wildman–Crippen LogP) is 4.53. The molecule has 0 heterocycles. The normalized spacial score (nSPS) is 11.6. The lowest BCUT2D eigenvalue weighted by Crippen LogP contribution is -2.44. The molecule has 0 atom stereocenters. The summed E-state index contributed by atoms with van der Waals surface area (Å²) < 4.78 is 0. The number of hydrogen-bond donors (Lipinski definition) is 0. The summed E-state index contributed by atoms with van der Waals surface area (Å²) in [5.74, 6) is 0.0280. The number of benzene rings is 2. The first-order valence-corrected chi connectivity index (χ1v) is 7.55. The highest BCUT2D eigenvalue weighted by atomic mass is 16.2. The SMILES string of the molecule is CC(C)(C)N(Cc1ccccc1)C(=O)/C=C\c1ccccc1. The molecule has 2 rings (SSSR count). The average Bonchev–Trinajstić information content (AvgIpc) is 2.51. The Hall–Kier alpha value is -2.35. The third-order valence-corrected chi connectivity index (χ3v) is 3.48. The van der Waals surface area contributed by atoms with Crippen LogP contribution in [-0.4, -0.2) is 16.3 Å². The van der Waals surface area contributed by atoms with E-state index in [0.29, 0.717) is 6.54 Å². The van der Waals surface area contributed by atoms with Gasteiger partial charge in [-0.2, -0.15) is 0 Å². The Kier molecular flexibility index (Phi) is 5.16. The molecule has 2 nitrogen and oxygen atoms in total. The van der Waals surface area contributed by atoms with Crippen LogP contribution < -0.4 is 0 Å². The van der Waals surface area contributed by atoms with Crippen molar-refractivity contribution in [3.05, 3.63) is 77.9 Å². The molecule has 0 saturated heterocycles. The smallest absolute Gasteiger partial charge is 0.247 e. The summed E-state index contributed by atoms with van der Waals surface area (Å²) in [6.07, 6.45) is 3.52. The molecule has 2 heteroatoms. The van der Waals surface area contributed by atoms with Crippen LogP contribution in [0, 0.1) is 0 Å². The molecular weight excluding hydrogens is 270 g/mol. The van der Waals surface area contributed by atoms with Gasteiger partial charge in [0.15, 0.2) is 0 Å². The van der Waals surface area contributed by atoms with Crippen LogP contribution >= 0.6 is 0 Å². The Bertz CT molecular complexity index is 624. The average molecular weight is 293 g/mol. The van der Waals surface area contributed by atoms with Gasteiger partial charge < -0.3 is 4.90 Å². The van der Waals surface area contributed by atoms with Gasteiger partial charge in [0, 0.05) is 18.2 Å². The number of rotatable bonds is 4. The second kappa shape index (κ2) is 7.08. The van der Waals surface area contributed by atoms with Crippen LogP contribution in [0.25, 0.3) is 6.08 Å². The van der Waals surface area contributed by atoms with E-state index in [4.69, 9.17) is 0 Å². The summed E-state index contributed by atoms with van der Waals surface area (Å²) in [7, 11) is 0. The molecule has 0 unspecified atom stereocenters. The van der Waals surface area contributed by atoms with Crippen LogP contribution in [0.15, 0.2) is 66.7 Å². The van der Waals surface area contributed by atoms with E-state index in [9.17, 15) is 4.79 Å². The van der Waals surface area contributed by atoms with Gasteiger partial charge in [-0.3, -0.25) is 4.79 Å². The van der Waals surface area contributed by atoms with Gasteiger partial charge >= 0.3 is 0 Å². The summed E-state index contributed by atoms with van der Waals surface area (Å²) in [4.78, 5) is 14.5. The molecular formula is C20H23NO. The Morgan fingerprint density at radius 3 is 2.05 bits per heavy atom. The lowest BCUT2D eigenvalue weighted by molar-refractivity contribution is -0.131. The van der Waals surface area contributed by atoms with E-state index in [0.717, 1.165) is 11.1 Å². The summed E-state index contributed by atoms with van der Waals surface area (Å²) in [5, 5.41) is 0. The van der Waals surface area contributed by atoms with Crippen molar-refractivity contribution in [1.29, 1.82) is 0 Å². The van der Waals surface area contributed by atoms with Crippen LogP contribution in [-0.2, 0) is 11.3 Å². The predicted molar refractivity (Wildman–Crippen MR) is 92.2 cm³/mol. The maximum absolute atomic E-state index is 12.6. The Labute approximate surface area is 133 Å². The second-order valence-corrected chi connectivity index (χ2v) is 6.32. The van der Waals surface area contributed by atoms with E-state index < -0.39 is 0 Å². The van der Waals surface area contributed by atoms with Gasteiger partial charge in [-0.25, -0.2) is 0 Å². The monoisotopic (exact) mass is 293 g/mol. The van der Waals surface area contributed by atoms with E-state index in [1.165, 1.54) is 0 Å². The fraction of sp³-hybridized carbons (Fsp3) is 0.250. The minimum absolute atomic E-state index is 0.0280. The molecule has 2 aromatic carbocycles. The molecule has 2 aromatic rings. The largest absolute Gasteiger partial charge is 0.330 e. The number of hydrogen-bond acceptors (Lipinski definition) is 1. The van der Waals surface area contributed by atoms with Crippen molar-refractivity contribution in [2.24, 2.45) is 0 Å².